The Bertz CT molecular complexity index is 3420. The van der Waals surface area contributed by atoms with Gasteiger partial charge in [0.1, 0.15) is 64.7 Å². The van der Waals surface area contributed by atoms with E-state index in [2.05, 4.69) is 39.9 Å². The first-order valence-electron chi connectivity index (χ1n) is 22.3. The molecule has 1 atom stereocenters. The lowest BCUT2D eigenvalue weighted by atomic mass is 9.97. The van der Waals surface area contributed by atoms with Gasteiger partial charge in [0.05, 0.1) is 33.2 Å². The Morgan fingerprint density at radius 2 is 1.25 bits per heavy atom. The highest BCUT2D eigenvalue weighted by atomic mass is 35.5. The third-order valence-corrected chi connectivity index (χ3v) is 13.9. The minimum Gasteiger partial charge on any atom is -0.358 e. The van der Waals surface area contributed by atoms with Crippen LogP contribution in [0, 0.1) is 23.3 Å². The molecule has 366 valence electrons. The number of aliphatic imine (C=N–C) groups is 1. The maximum absolute atomic E-state index is 15.5. The number of rotatable bonds is 13. The normalized spacial score (nSPS) is 13.7. The lowest BCUT2D eigenvalue weighted by Crippen LogP contribution is -2.17. The molecule has 1 unspecified atom stereocenters. The summed E-state index contributed by atoms with van der Waals surface area (Å²) in [4.78, 5) is 61.4. The average molecular weight is 1030 g/mol. The van der Waals surface area contributed by atoms with Gasteiger partial charge in [-0.25, -0.2) is 42.5 Å². The van der Waals surface area contributed by atoms with E-state index < -0.39 is 23.3 Å². The average Bonchev–Trinajstić information content (AvgIpc) is 4.25. The fraction of sp³-hybridized carbons (Fsp3) is 0.208. The van der Waals surface area contributed by atoms with Crippen LogP contribution in [0.5, 0.6) is 0 Å². The second-order valence-electron chi connectivity index (χ2n) is 16.4. The Morgan fingerprint density at radius 3 is 1.82 bits per heavy atom. The molecular formula is C53H44ClF4N9O3S2. The molecular weight excluding hydrogens is 986 g/mol. The zero-order valence-electron chi connectivity index (χ0n) is 37.5. The standard InChI is InChI=1S/C28H23F2N5O2S.C24H16F2N4OS.CH4.ClH/c29-20-9-8-17(13-22(36)23-6-4-12-38-23)25(30)19(20)14-21-18(5-3-10-31-21)26-27-28(33-15-32-26)35(16-34-27)24-7-1-2-11-37-24;25-17-6-5-14(11-20(31)21-4-2-10-32-21)22(26)16(17)12-19-15(3-1-8-27-19)23-24-18(7-9-28-24)29-13-30-23;;/h3-6,8-10,12,15-16,24H,1-2,7,11,13-14H2;1-6,8-10,13H,7,11-12H2;1H4;1H. The van der Waals surface area contributed by atoms with E-state index in [1.807, 2.05) is 4.57 Å². The van der Waals surface area contributed by atoms with Crippen molar-refractivity contribution in [2.45, 2.75) is 65.0 Å². The van der Waals surface area contributed by atoms with Gasteiger partial charge in [-0.2, -0.15) is 0 Å². The maximum Gasteiger partial charge on any atom is 0.177 e. The number of ether oxygens (including phenoxy) is 1. The monoisotopic (exact) mass is 1030 g/mol. The zero-order valence-corrected chi connectivity index (χ0v) is 39.9. The van der Waals surface area contributed by atoms with Gasteiger partial charge in [-0.15, -0.1) is 35.1 Å². The minimum atomic E-state index is -0.738. The highest BCUT2D eigenvalue weighted by Crippen LogP contribution is 2.36. The number of carbonyl (C=O) groups excluding carboxylic acids is 2. The van der Waals surface area contributed by atoms with Crippen LogP contribution in [0.25, 0.3) is 33.7 Å². The van der Waals surface area contributed by atoms with Crippen molar-refractivity contribution in [3.05, 3.63) is 187 Å². The number of carbonyl (C=O) groups is 2. The fourth-order valence-corrected chi connectivity index (χ4v) is 9.86. The van der Waals surface area contributed by atoms with Crippen LogP contribution in [-0.4, -0.2) is 63.8 Å². The van der Waals surface area contributed by atoms with Crippen molar-refractivity contribution in [2.75, 3.05) is 6.61 Å². The Hall–Kier alpha value is -7.25. The number of imidazole rings is 1. The molecule has 72 heavy (non-hydrogen) atoms. The number of thiophene rings is 2. The molecule has 0 saturated carbocycles. The fourth-order valence-electron chi connectivity index (χ4n) is 8.53. The summed E-state index contributed by atoms with van der Waals surface area (Å²) in [7, 11) is 0. The summed E-state index contributed by atoms with van der Waals surface area (Å²) < 4.78 is 68.3. The molecule has 0 amide bonds. The van der Waals surface area contributed by atoms with Crippen LogP contribution in [0.4, 0.5) is 23.2 Å². The summed E-state index contributed by atoms with van der Waals surface area (Å²) in [5, 5.41) is 3.58. The van der Waals surface area contributed by atoms with Crippen molar-refractivity contribution in [2.24, 2.45) is 4.99 Å². The highest BCUT2D eigenvalue weighted by Gasteiger charge is 2.25. The Balaban J connectivity index is 0.000000190. The number of Topliss-reactive ketones (excluding diaryl/α,β-unsaturated/α-hetero) is 2. The quantitative estimate of drug-likeness (QED) is 0.0806. The summed E-state index contributed by atoms with van der Waals surface area (Å²) in [6.45, 7) is 0.685. The number of aromatic nitrogens is 8. The second-order valence-corrected chi connectivity index (χ2v) is 18.3. The van der Waals surface area contributed by atoms with E-state index >= 15 is 8.78 Å². The number of hydrogen-bond donors (Lipinski definition) is 0. The summed E-state index contributed by atoms with van der Waals surface area (Å²) in [6.07, 6.45) is 12.4. The molecule has 0 aliphatic carbocycles. The smallest absolute Gasteiger partial charge is 0.177 e. The topological polar surface area (TPSA) is 151 Å². The number of hydrogen-bond acceptors (Lipinski definition) is 13. The third kappa shape index (κ3) is 10.7. The van der Waals surface area contributed by atoms with Crippen molar-refractivity contribution in [3.63, 3.8) is 0 Å². The zero-order chi connectivity index (χ0) is 48.1. The number of ketones is 2. The van der Waals surface area contributed by atoms with E-state index in [1.54, 1.807) is 84.2 Å². The molecule has 2 aliphatic rings. The first kappa shape index (κ1) is 51.1. The molecule has 2 aliphatic heterocycles. The largest absolute Gasteiger partial charge is 0.358 e. The molecule has 0 spiro atoms. The Labute approximate surface area is 425 Å². The lowest BCUT2D eigenvalue weighted by molar-refractivity contribution is -0.0298. The number of nitrogens with zero attached hydrogens (tertiary/aromatic N) is 9. The molecule has 9 heterocycles. The van der Waals surface area contributed by atoms with Crippen molar-refractivity contribution in [3.8, 4) is 22.5 Å². The van der Waals surface area contributed by atoms with Gasteiger partial charge >= 0.3 is 0 Å². The molecule has 1 saturated heterocycles. The molecule has 0 bridgehead atoms. The molecule has 0 N–H and O–H groups in total. The van der Waals surface area contributed by atoms with E-state index in [-0.39, 0.29) is 85.6 Å². The van der Waals surface area contributed by atoms with Gasteiger partial charge in [0.25, 0.3) is 0 Å². The summed E-state index contributed by atoms with van der Waals surface area (Å²) in [5.74, 6) is -3.26. The minimum absolute atomic E-state index is 0. The van der Waals surface area contributed by atoms with Crippen LogP contribution in [0.1, 0.15) is 91.6 Å². The molecule has 11 rings (SSSR count). The van der Waals surface area contributed by atoms with Crippen LogP contribution in [0.2, 0.25) is 0 Å². The molecule has 2 aromatic carbocycles. The van der Waals surface area contributed by atoms with Crippen molar-refractivity contribution >= 4 is 69.7 Å². The van der Waals surface area contributed by atoms with E-state index in [9.17, 15) is 18.4 Å². The number of fused-ring (bicyclic) bond motifs is 2. The van der Waals surface area contributed by atoms with Gasteiger partial charge in [0, 0.05) is 79.6 Å². The van der Waals surface area contributed by atoms with Crippen LogP contribution in [-0.2, 0) is 36.8 Å². The van der Waals surface area contributed by atoms with Gasteiger partial charge < -0.3 is 4.74 Å². The van der Waals surface area contributed by atoms with Crippen LogP contribution < -0.4 is 0 Å². The van der Waals surface area contributed by atoms with Crippen molar-refractivity contribution < 1.29 is 31.9 Å². The van der Waals surface area contributed by atoms with Gasteiger partial charge in [0.2, 0.25) is 0 Å². The SMILES string of the molecule is C.Cl.O=C(Cc1ccc(F)c(Cc2ncccc2-c2ncnc3c2N=CC3)c1F)c1cccs1.O=C(Cc1ccc(F)c(Cc2ncccc2-c2ncnc3c2ncn3C2CCCCO2)c1F)c1cccs1. The van der Waals surface area contributed by atoms with Crippen LogP contribution in [0.3, 0.4) is 0 Å². The molecule has 19 heteroatoms. The van der Waals surface area contributed by atoms with Gasteiger partial charge in [-0.1, -0.05) is 31.7 Å². The second kappa shape index (κ2) is 22.9. The van der Waals surface area contributed by atoms with Gasteiger partial charge in [-0.3, -0.25) is 29.1 Å². The molecule has 7 aromatic heterocycles. The summed E-state index contributed by atoms with van der Waals surface area (Å²) in [6, 6.07) is 19.1. The molecule has 1 fully saturated rings. The van der Waals surface area contributed by atoms with Crippen LogP contribution >= 0.6 is 35.1 Å². The van der Waals surface area contributed by atoms with Crippen molar-refractivity contribution in [1.82, 2.24) is 39.5 Å². The number of pyridine rings is 2. The summed E-state index contributed by atoms with van der Waals surface area (Å²) in [5.41, 5.74) is 5.93. The molecule has 0 radical (unpaired) electrons. The van der Waals surface area contributed by atoms with E-state index in [4.69, 9.17) is 4.74 Å². The third-order valence-electron chi connectivity index (χ3n) is 12.0. The molecule has 12 nitrogen and oxygen atoms in total. The predicted molar refractivity (Wildman–Crippen MR) is 272 cm³/mol. The molecule has 9 aromatic rings. The maximum atomic E-state index is 15.5. The Kier molecular flexibility index (Phi) is 16.2. The van der Waals surface area contributed by atoms with Gasteiger partial charge in [-0.05, 0) is 89.7 Å². The van der Waals surface area contributed by atoms with Crippen LogP contribution in [0.15, 0.2) is 120 Å². The lowest BCUT2D eigenvalue weighted by Gasteiger charge is -2.23. The number of halogens is 5. The Morgan fingerprint density at radius 1 is 0.667 bits per heavy atom. The van der Waals surface area contributed by atoms with E-state index in [0.29, 0.717) is 73.5 Å². The number of benzene rings is 2. The summed E-state index contributed by atoms with van der Waals surface area (Å²) >= 11 is 2.59. The van der Waals surface area contributed by atoms with Crippen molar-refractivity contribution in [1.29, 1.82) is 0 Å². The first-order chi connectivity index (χ1) is 34.2. The van der Waals surface area contributed by atoms with E-state index in [1.165, 1.54) is 59.6 Å². The predicted octanol–water partition coefficient (Wildman–Crippen LogP) is 12.2. The van der Waals surface area contributed by atoms with E-state index in [0.717, 1.165) is 25.0 Å². The first-order valence-corrected chi connectivity index (χ1v) is 24.1. The van der Waals surface area contributed by atoms with Gasteiger partial charge in [0.15, 0.2) is 17.2 Å². The highest BCUT2D eigenvalue weighted by molar-refractivity contribution is 7.12.